The molecule has 6 heteroatoms. The van der Waals surface area contributed by atoms with Crippen LogP contribution in [0.5, 0.6) is 0 Å². The van der Waals surface area contributed by atoms with E-state index in [0.29, 0.717) is 24.3 Å². The molecule has 2 aliphatic rings. The Morgan fingerprint density at radius 1 is 1.18 bits per heavy atom. The van der Waals surface area contributed by atoms with Gasteiger partial charge in [-0.3, -0.25) is 14.6 Å². The Morgan fingerprint density at radius 3 is 2.82 bits per heavy atom. The third-order valence-electron chi connectivity index (χ3n) is 6.57. The van der Waals surface area contributed by atoms with Gasteiger partial charge < -0.3 is 15.2 Å². The number of hydrogen-bond acceptors (Lipinski definition) is 3. The fourth-order valence-electron chi connectivity index (χ4n) is 4.72. The van der Waals surface area contributed by atoms with Crippen molar-refractivity contribution in [1.82, 2.24) is 15.2 Å². The predicted octanol–water partition coefficient (Wildman–Crippen LogP) is 4.50. The Kier molecular flexibility index (Phi) is 5.82. The summed E-state index contributed by atoms with van der Waals surface area (Å²) in [5.74, 6) is -0.244. The summed E-state index contributed by atoms with van der Waals surface area (Å²) >= 11 is 0. The van der Waals surface area contributed by atoms with Gasteiger partial charge in [0.05, 0.1) is 11.7 Å². The van der Waals surface area contributed by atoms with Crippen molar-refractivity contribution in [3.05, 3.63) is 83.2 Å². The number of aliphatic imine (C=N–C) groups is 1. The van der Waals surface area contributed by atoms with Crippen molar-refractivity contribution in [3.63, 3.8) is 0 Å². The summed E-state index contributed by atoms with van der Waals surface area (Å²) in [6.45, 7) is 5.59. The highest BCUT2D eigenvalue weighted by Gasteiger charge is 2.28. The van der Waals surface area contributed by atoms with E-state index < -0.39 is 0 Å². The topological polar surface area (TPSA) is 75.5 Å². The molecular weight excluding hydrogens is 424 g/mol. The third-order valence-corrected chi connectivity index (χ3v) is 6.57. The molecule has 0 aliphatic carbocycles. The standard InChI is InChI=1S/C28H30N4O2/c1-28(2)17-30-27(34)25-14-20-11-12-21(15-24(20)32(25)18-28)26(33)31-23-10-6-9-22(29-16-23)13-19-7-4-3-5-8-19/h3-5,7-8,10-12,14-16,22H,6,9,13,17-18H2,1-2H3,(H,30,34)(H,31,33). The zero-order chi connectivity index (χ0) is 23.7. The number of allylic oxidation sites excluding steroid dienone is 2. The SMILES string of the molecule is CC1(C)CNC(=O)c2cc3ccc(C(=O)NC4=CCCC(Cc5ccccc5)N=C4)cc3n2C1. The van der Waals surface area contributed by atoms with Gasteiger partial charge >= 0.3 is 0 Å². The van der Waals surface area contributed by atoms with E-state index in [1.165, 1.54) is 5.56 Å². The average Bonchev–Trinajstić information content (AvgIpc) is 2.94. The van der Waals surface area contributed by atoms with E-state index in [9.17, 15) is 9.59 Å². The molecule has 0 saturated carbocycles. The third kappa shape index (κ3) is 4.67. The van der Waals surface area contributed by atoms with Crippen molar-refractivity contribution in [2.75, 3.05) is 6.54 Å². The Bertz CT molecular complexity index is 1300. The number of rotatable bonds is 4. The number of carbonyl (C=O) groups excluding carboxylic acids is 2. The lowest BCUT2D eigenvalue weighted by Gasteiger charge is -2.23. The zero-order valence-corrected chi connectivity index (χ0v) is 19.7. The Labute approximate surface area is 199 Å². The van der Waals surface area contributed by atoms with Gasteiger partial charge in [0, 0.05) is 41.2 Å². The smallest absolute Gasteiger partial charge is 0.267 e. The fraction of sp³-hybridized carbons (Fsp3) is 0.321. The van der Waals surface area contributed by atoms with E-state index in [2.05, 4.69) is 36.6 Å². The molecule has 0 spiro atoms. The minimum absolute atomic E-state index is 0.0716. The van der Waals surface area contributed by atoms with Crippen LogP contribution in [0.4, 0.5) is 0 Å². The fourth-order valence-corrected chi connectivity index (χ4v) is 4.72. The van der Waals surface area contributed by atoms with Crippen LogP contribution >= 0.6 is 0 Å². The zero-order valence-electron chi connectivity index (χ0n) is 19.7. The second-order valence-corrected chi connectivity index (χ2v) is 10.0. The number of fused-ring (bicyclic) bond motifs is 3. The van der Waals surface area contributed by atoms with Crippen LogP contribution in [-0.2, 0) is 13.0 Å². The number of amides is 2. The number of nitrogens with one attached hydrogen (secondary N) is 2. The van der Waals surface area contributed by atoms with Crippen molar-refractivity contribution in [2.45, 2.75) is 45.7 Å². The van der Waals surface area contributed by atoms with Gasteiger partial charge in [-0.15, -0.1) is 0 Å². The number of hydrogen-bond donors (Lipinski definition) is 2. The van der Waals surface area contributed by atoms with E-state index in [1.807, 2.05) is 53.1 Å². The van der Waals surface area contributed by atoms with E-state index >= 15 is 0 Å². The quantitative estimate of drug-likeness (QED) is 0.609. The van der Waals surface area contributed by atoms with Crippen LogP contribution in [0, 0.1) is 5.41 Å². The molecule has 2 amide bonds. The molecule has 6 nitrogen and oxygen atoms in total. The molecule has 174 valence electrons. The number of carbonyl (C=O) groups is 2. The first kappa shape index (κ1) is 22.1. The molecule has 0 saturated heterocycles. The highest BCUT2D eigenvalue weighted by atomic mass is 16.2. The van der Waals surface area contributed by atoms with Crippen LogP contribution in [0.15, 0.2) is 71.4 Å². The maximum absolute atomic E-state index is 13.1. The van der Waals surface area contributed by atoms with Gasteiger partial charge in [0.1, 0.15) is 5.69 Å². The molecule has 0 radical (unpaired) electrons. The van der Waals surface area contributed by atoms with Gasteiger partial charge in [0.25, 0.3) is 11.8 Å². The second kappa shape index (κ2) is 8.93. The molecule has 3 aromatic rings. The first-order chi connectivity index (χ1) is 16.4. The van der Waals surface area contributed by atoms with E-state index in [1.54, 1.807) is 6.21 Å². The summed E-state index contributed by atoms with van der Waals surface area (Å²) in [5, 5.41) is 6.98. The predicted molar refractivity (Wildman–Crippen MR) is 135 cm³/mol. The van der Waals surface area contributed by atoms with Crippen molar-refractivity contribution >= 4 is 28.9 Å². The summed E-state index contributed by atoms with van der Waals surface area (Å²) in [5.41, 5.74) is 4.03. The lowest BCUT2D eigenvalue weighted by molar-refractivity contribution is 0.0941. The second-order valence-electron chi connectivity index (χ2n) is 10.0. The summed E-state index contributed by atoms with van der Waals surface area (Å²) in [4.78, 5) is 30.4. The maximum Gasteiger partial charge on any atom is 0.267 e. The largest absolute Gasteiger partial charge is 0.350 e. The number of benzene rings is 2. The Hall–Kier alpha value is -3.67. The van der Waals surface area contributed by atoms with Crippen LogP contribution < -0.4 is 10.6 Å². The van der Waals surface area contributed by atoms with Gasteiger partial charge in [-0.2, -0.15) is 0 Å². The monoisotopic (exact) mass is 454 g/mol. The van der Waals surface area contributed by atoms with Crippen molar-refractivity contribution in [2.24, 2.45) is 10.4 Å². The van der Waals surface area contributed by atoms with Gasteiger partial charge in [0.15, 0.2) is 0 Å². The summed E-state index contributed by atoms with van der Waals surface area (Å²) in [7, 11) is 0. The van der Waals surface area contributed by atoms with E-state index in [0.717, 1.165) is 35.9 Å². The van der Waals surface area contributed by atoms with Crippen LogP contribution in [0.1, 0.15) is 53.1 Å². The first-order valence-electron chi connectivity index (χ1n) is 11.9. The average molecular weight is 455 g/mol. The first-order valence-corrected chi connectivity index (χ1v) is 11.9. The highest BCUT2D eigenvalue weighted by Crippen LogP contribution is 2.28. The molecule has 0 bridgehead atoms. The Morgan fingerprint density at radius 2 is 2.00 bits per heavy atom. The van der Waals surface area contributed by atoms with Gasteiger partial charge in [-0.05, 0) is 43.0 Å². The van der Waals surface area contributed by atoms with Gasteiger partial charge in [-0.1, -0.05) is 56.3 Å². The molecule has 3 heterocycles. The lowest BCUT2D eigenvalue weighted by atomic mass is 9.93. The van der Waals surface area contributed by atoms with Gasteiger partial charge in [0.2, 0.25) is 0 Å². The molecule has 2 aromatic carbocycles. The van der Waals surface area contributed by atoms with E-state index in [-0.39, 0.29) is 23.3 Å². The van der Waals surface area contributed by atoms with E-state index in [4.69, 9.17) is 4.99 Å². The Balaban J connectivity index is 1.34. The summed E-state index contributed by atoms with van der Waals surface area (Å²) < 4.78 is 2.04. The number of aromatic nitrogens is 1. The molecule has 1 unspecified atom stereocenters. The summed E-state index contributed by atoms with van der Waals surface area (Å²) in [6.07, 6.45) is 6.54. The maximum atomic E-state index is 13.1. The molecular formula is C28H30N4O2. The minimum atomic E-state index is -0.172. The molecule has 34 heavy (non-hydrogen) atoms. The molecule has 2 aliphatic heterocycles. The van der Waals surface area contributed by atoms with Crippen molar-refractivity contribution in [1.29, 1.82) is 0 Å². The number of nitrogens with zero attached hydrogens (tertiary/aromatic N) is 2. The normalized spacial score (nSPS) is 19.5. The molecule has 0 fully saturated rings. The summed E-state index contributed by atoms with van der Waals surface area (Å²) in [6, 6.07) is 18.1. The van der Waals surface area contributed by atoms with Crippen molar-refractivity contribution in [3.8, 4) is 0 Å². The molecule has 1 atom stereocenters. The van der Waals surface area contributed by atoms with Gasteiger partial charge in [-0.25, -0.2) is 0 Å². The minimum Gasteiger partial charge on any atom is -0.350 e. The molecule has 5 rings (SSSR count). The van der Waals surface area contributed by atoms with Crippen LogP contribution in [-0.4, -0.2) is 35.2 Å². The highest BCUT2D eigenvalue weighted by molar-refractivity contribution is 6.03. The van der Waals surface area contributed by atoms with Crippen LogP contribution in [0.3, 0.4) is 0 Å². The molecule has 1 aromatic heterocycles. The molecule has 2 N–H and O–H groups in total. The van der Waals surface area contributed by atoms with Crippen LogP contribution in [0.2, 0.25) is 0 Å². The lowest BCUT2D eigenvalue weighted by Crippen LogP contribution is -2.31. The van der Waals surface area contributed by atoms with Crippen molar-refractivity contribution < 1.29 is 9.59 Å². The van der Waals surface area contributed by atoms with Crippen LogP contribution in [0.25, 0.3) is 10.9 Å².